The predicted molar refractivity (Wildman–Crippen MR) is 183 cm³/mol. The summed E-state index contributed by atoms with van der Waals surface area (Å²) in [5, 5.41) is 10.7. The second kappa shape index (κ2) is 15.6. The number of piperidine rings is 1. The van der Waals surface area contributed by atoms with Crippen LogP contribution in [0.15, 0.2) is 18.1 Å². The fourth-order valence-corrected chi connectivity index (χ4v) is 6.80. The van der Waals surface area contributed by atoms with Gasteiger partial charge in [-0.15, -0.1) is 17.8 Å². The lowest BCUT2D eigenvalue weighted by molar-refractivity contribution is -0.226. The van der Waals surface area contributed by atoms with Gasteiger partial charge in [0.2, 0.25) is 5.91 Å². The lowest BCUT2D eigenvalue weighted by Crippen LogP contribution is -2.65. The molecule has 4 rings (SSSR count). The van der Waals surface area contributed by atoms with Crippen LogP contribution < -0.4 is 0 Å². The maximum atomic E-state index is 14.3. The minimum atomic E-state index is -0.922. The highest BCUT2D eigenvalue weighted by atomic mass is 32.1. The van der Waals surface area contributed by atoms with Crippen LogP contribution in [0, 0.1) is 35.5 Å². The minimum Gasteiger partial charge on any atom is -0.396 e. The van der Waals surface area contributed by atoms with E-state index in [9.17, 15) is 14.4 Å². The standard InChI is InChI=1S/C36H49N5O5S/c1-9-30-27(13-11-10-12-20-42)37-31(47-30)14-15-33(43)41-32-23-39(26-16-18-38(19-17-26)25(4)5)34(44)28(22-36(6,7)8)40(32)35(45)29(46-41)21-24(2)3/h1,14-15,23-26,28-29,42H,10,12,16-22H2,2-8H3/b15-14+/t28-,29+/m0/s1. The molecule has 3 aliphatic rings. The fraction of sp³-hybridized carbons (Fsp3) is 0.611. The molecule has 0 radical (unpaired) electrons. The maximum Gasteiger partial charge on any atom is 0.276 e. The van der Waals surface area contributed by atoms with Crippen LogP contribution in [0.2, 0.25) is 0 Å². The van der Waals surface area contributed by atoms with Crippen LogP contribution in [0.4, 0.5) is 0 Å². The van der Waals surface area contributed by atoms with E-state index >= 15 is 0 Å². The second-order valence-corrected chi connectivity index (χ2v) is 15.3. The number of aliphatic hydroxyl groups is 1. The molecule has 0 bridgehead atoms. The summed E-state index contributed by atoms with van der Waals surface area (Å²) in [6.07, 6.45) is 12.8. The van der Waals surface area contributed by atoms with Crippen molar-refractivity contribution >= 4 is 35.1 Å². The number of terminal acetylenes is 1. The van der Waals surface area contributed by atoms with Crippen molar-refractivity contribution in [2.45, 2.75) is 111 Å². The Balaban J connectivity index is 1.71. The molecule has 3 aliphatic heterocycles. The van der Waals surface area contributed by atoms with Crippen molar-refractivity contribution in [3.63, 3.8) is 0 Å². The van der Waals surface area contributed by atoms with Crippen LogP contribution in [-0.2, 0) is 19.2 Å². The van der Waals surface area contributed by atoms with Gasteiger partial charge in [-0.1, -0.05) is 46.5 Å². The minimum absolute atomic E-state index is 0.0555. The van der Waals surface area contributed by atoms with Gasteiger partial charge in [-0.25, -0.2) is 4.98 Å². The van der Waals surface area contributed by atoms with E-state index in [4.69, 9.17) is 16.4 Å². The zero-order valence-corrected chi connectivity index (χ0v) is 29.6. The normalized spacial score (nSPS) is 21.3. The van der Waals surface area contributed by atoms with E-state index in [1.54, 1.807) is 17.2 Å². The maximum absolute atomic E-state index is 14.3. The Morgan fingerprint density at radius 2 is 1.89 bits per heavy atom. The number of nitrogens with zero attached hydrogens (tertiary/aromatic N) is 5. The van der Waals surface area contributed by atoms with Gasteiger partial charge in [-0.3, -0.25) is 24.1 Å². The SMILES string of the molecule is C#Cc1sc(/C=C/C(=O)N2O[C@H](CC(C)C)C(=O)N3C2=CN(C2CCN(C(C)C)CC2)C(=O)[C@@H]3CC(C)(C)C)nc1C#CCCCO. The molecule has 4 heterocycles. The molecule has 3 amide bonds. The molecule has 0 aromatic carbocycles. The van der Waals surface area contributed by atoms with Crippen LogP contribution in [0.3, 0.4) is 0 Å². The Bertz CT molecular complexity index is 1480. The molecule has 1 aromatic rings. The number of carbonyl (C=O) groups is 3. The highest BCUT2D eigenvalue weighted by Gasteiger charge is 2.51. The summed E-state index contributed by atoms with van der Waals surface area (Å²) in [6.45, 7) is 16.3. The number of fused-ring (bicyclic) bond motifs is 1. The van der Waals surface area contributed by atoms with Gasteiger partial charge in [-0.2, -0.15) is 5.06 Å². The van der Waals surface area contributed by atoms with Crippen molar-refractivity contribution in [1.29, 1.82) is 0 Å². The summed E-state index contributed by atoms with van der Waals surface area (Å²) in [6, 6.07) is -0.408. The van der Waals surface area contributed by atoms with E-state index in [1.165, 1.54) is 27.4 Å². The molecule has 1 aromatic heterocycles. The molecule has 10 nitrogen and oxygen atoms in total. The van der Waals surface area contributed by atoms with Crippen molar-refractivity contribution in [1.82, 2.24) is 24.7 Å². The number of aliphatic hydroxyl groups excluding tert-OH is 1. The lowest BCUT2D eigenvalue weighted by Gasteiger charge is -2.50. The number of hydrogen-bond acceptors (Lipinski definition) is 8. The number of hydrogen-bond donors (Lipinski definition) is 1. The first-order chi connectivity index (χ1) is 22.2. The number of aromatic nitrogens is 1. The highest BCUT2D eigenvalue weighted by Crippen LogP contribution is 2.37. The Morgan fingerprint density at radius 1 is 1.19 bits per heavy atom. The second-order valence-electron chi connectivity index (χ2n) is 14.3. The van der Waals surface area contributed by atoms with Gasteiger partial charge in [-0.05, 0) is 69.3 Å². The molecule has 2 saturated heterocycles. The number of likely N-dealkylation sites (tertiary alicyclic amines) is 1. The predicted octanol–water partition coefficient (Wildman–Crippen LogP) is 4.60. The molecule has 1 N–H and O–H groups in total. The molecule has 2 fully saturated rings. The molecule has 0 spiro atoms. The third-order valence-corrected chi connectivity index (χ3v) is 9.38. The van der Waals surface area contributed by atoms with Gasteiger partial charge in [0.15, 0.2) is 11.9 Å². The van der Waals surface area contributed by atoms with Gasteiger partial charge in [0.25, 0.3) is 11.8 Å². The molecular formula is C36H49N5O5S. The molecule has 2 atom stereocenters. The quantitative estimate of drug-likeness (QED) is 0.234. The summed E-state index contributed by atoms with van der Waals surface area (Å²) < 4.78 is 0. The number of amides is 3. The largest absolute Gasteiger partial charge is 0.396 e. The van der Waals surface area contributed by atoms with Crippen molar-refractivity contribution in [2.24, 2.45) is 11.3 Å². The number of thiazole rings is 1. The van der Waals surface area contributed by atoms with Crippen LogP contribution >= 0.6 is 11.3 Å². The van der Waals surface area contributed by atoms with E-state index in [2.05, 4.69) is 62.3 Å². The third-order valence-electron chi connectivity index (χ3n) is 8.43. The van der Waals surface area contributed by atoms with Crippen molar-refractivity contribution in [2.75, 3.05) is 19.7 Å². The molecular weight excluding hydrogens is 614 g/mol. The van der Waals surface area contributed by atoms with E-state index in [0.29, 0.717) is 47.3 Å². The average molecular weight is 664 g/mol. The van der Waals surface area contributed by atoms with Crippen molar-refractivity contribution in [3.8, 4) is 24.2 Å². The average Bonchev–Trinajstić information content (AvgIpc) is 3.41. The summed E-state index contributed by atoms with van der Waals surface area (Å²) in [4.78, 5) is 59.2. The monoisotopic (exact) mass is 663 g/mol. The van der Waals surface area contributed by atoms with Gasteiger partial charge in [0.05, 0.1) is 6.20 Å². The van der Waals surface area contributed by atoms with Crippen molar-refractivity contribution < 1.29 is 24.3 Å². The van der Waals surface area contributed by atoms with E-state index in [0.717, 1.165) is 25.9 Å². The molecule has 47 heavy (non-hydrogen) atoms. The summed E-state index contributed by atoms with van der Waals surface area (Å²) in [5.74, 6) is 7.96. The van der Waals surface area contributed by atoms with Crippen LogP contribution in [-0.4, -0.2) is 91.5 Å². The van der Waals surface area contributed by atoms with Crippen LogP contribution in [0.25, 0.3) is 6.08 Å². The number of carbonyl (C=O) groups excluding carboxylic acids is 3. The molecule has 0 unspecified atom stereocenters. The number of unbranched alkanes of at least 4 members (excludes halogenated alkanes) is 1. The Morgan fingerprint density at radius 3 is 2.49 bits per heavy atom. The zero-order valence-electron chi connectivity index (χ0n) is 28.8. The molecule has 0 aliphatic carbocycles. The van der Waals surface area contributed by atoms with Crippen LogP contribution in [0.1, 0.15) is 103 Å². The van der Waals surface area contributed by atoms with Gasteiger partial charge in [0, 0.05) is 44.3 Å². The summed E-state index contributed by atoms with van der Waals surface area (Å²) >= 11 is 1.24. The first-order valence-electron chi connectivity index (χ1n) is 16.6. The van der Waals surface area contributed by atoms with E-state index < -0.39 is 18.1 Å². The fourth-order valence-electron chi connectivity index (χ4n) is 6.07. The first-order valence-corrected chi connectivity index (χ1v) is 17.4. The molecule has 254 valence electrons. The van der Waals surface area contributed by atoms with Gasteiger partial charge in [0.1, 0.15) is 21.6 Å². The number of hydroxylamine groups is 2. The third kappa shape index (κ3) is 8.91. The van der Waals surface area contributed by atoms with E-state index in [1.807, 2.05) is 13.8 Å². The van der Waals surface area contributed by atoms with Crippen molar-refractivity contribution in [3.05, 3.63) is 33.7 Å². The summed E-state index contributed by atoms with van der Waals surface area (Å²) in [5.41, 5.74) is 0.178. The van der Waals surface area contributed by atoms with E-state index in [-0.39, 0.29) is 41.6 Å². The Hall–Kier alpha value is -3.48. The molecule has 0 saturated carbocycles. The van der Waals surface area contributed by atoms with Crippen LogP contribution in [0.5, 0.6) is 0 Å². The molecule has 11 heteroatoms. The Labute approximate surface area is 283 Å². The van der Waals surface area contributed by atoms with Gasteiger partial charge >= 0.3 is 0 Å². The first kappa shape index (κ1) is 36.4. The zero-order chi connectivity index (χ0) is 34.5. The highest BCUT2D eigenvalue weighted by molar-refractivity contribution is 7.13. The Kier molecular flexibility index (Phi) is 12.1. The van der Waals surface area contributed by atoms with Gasteiger partial charge < -0.3 is 14.9 Å². The summed E-state index contributed by atoms with van der Waals surface area (Å²) in [7, 11) is 0. The lowest BCUT2D eigenvalue weighted by atomic mass is 9.85. The number of rotatable bonds is 9. The smallest absolute Gasteiger partial charge is 0.276 e. The topological polar surface area (TPSA) is 107 Å².